The lowest BCUT2D eigenvalue weighted by Crippen LogP contribution is -2.15. The number of nitrogens with two attached hydrogens (primary N) is 1. The van der Waals surface area contributed by atoms with E-state index in [0.29, 0.717) is 24.1 Å². The molecule has 0 aromatic heterocycles. The fraction of sp³-hybridized carbons (Fsp3) is 0.400. The Kier molecular flexibility index (Phi) is 6.71. The minimum atomic E-state index is -0.405. The van der Waals surface area contributed by atoms with Gasteiger partial charge in [-0.25, -0.2) is 4.39 Å². The van der Waals surface area contributed by atoms with E-state index >= 15 is 0 Å². The SMILES string of the molecule is COC(C)CCC(=O)Nc1ccc(F)cc1C#CCN. The Labute approximate surface area is 118 Å². The highest BCUT2D eigenvalue weighted by molar-refractivity contribution is 5.92. The van der Waals surface area contributed by atoms with Crippen LogP contribution in [0.1, 0.15) is 25.3 Å². The third-order valence-corrected chi connectivity index (χ3v) is 2.76. The first-order chi connectivity index (χ1) is 9.56. The van der Waals surface area contributed by atoms with Gasteiger partial charge < -0.3 is 15.8 Å². The number of hydrogen-bond acceptors (Lipinski definition) is 3. The van der Waals surface area contributed by atoms with E-state index in [1.54, 1.807) is 7.11 Å². The van der Waals surface area contributed by atoms with Crippen molar-refractivity contribution in [2.45, 2.75) is 25.9 Å². The lowest BCUT2D eigenvalue weighted by molar-refractivity contribution is -0.116. The van der Waals surface area contributed by atoms with E-state index in [1.807, 2.05) is 6.92 Å². The van der Waals surface area contributed by atoms with Gasteiger partial charge in [-0.1, -0.05) is 11.8 Å². The standard InChI is InChI=1S/C15H19FN2O2/c1-11(20-2)5-8-15(19)18-14-7-6-13(16)10-12(14)4-3-9-17/h6-7,10-11H,5,8-9,17H2,1-2H3,(H,18,19). The highest BCUT2D eigenvalue weighted by Gasteiger charge is 2.09. The Balaban J connectivity index is 2.73. The number of hydrogen-bond donors (Lipinski definition) is 2. The number of amides is 1. The summed E-state index contributed by atoms with van der Waals surface area (Å²) < 4.78 is 18.3. The van der Waals surface area contributed by atoms with Gasteiger partial charge in [0.1, 0.15) is 5.82 Å². The molecule has 20 heavy (non-hydrogen) atoms. The van der Waals surface area contributed by atoms with Gasteiger partial charge in [-0.15, -0.1) is 0 Å². The van der Waals surface area contributed by atoms with Gasteiger partial charge in [0.25, 0.3) is 0 Å². The summed E-state index contributed by atoms with van der Waals surface area (Å²) in [4.78, 5) is 11.8. The van der Waals surface area contributed by atoms with E-state index in [0.717, 1.165) is 0 Å². The highest BCUT2D eigenvalue weighted by Crippen LogP contribution is 2.16. The predicted octanol–water partition coefficient (Wildman–Crippen LogP) is 1.89. The average Bonchev–Trinajstić information content (AvgIpc) is 2.44. The topological polar surface area (TPSA) is 64.3 Å². The first kappa shape index (κ1) is 16.2. The molecule has 3 N–H and O–H groups in total. The van der Waals surface area contributed by atoms with E-state index in [2.05, 4.69) is 17.2 Å². The fourth-order valence-electron chi connectivity index (χ4n) is 1.54. The number of rotatable bonds is 5. The quantitative estimate of drug-likeness (QED) is 0.808. The van der Waals surface area contributed by atoms with Crippen LogP contribution in [0.15, 0.2) is 18.2 Å². The Morgan fingerprint density at radius 3 is 2.95 bits per heavy atom. The molecule has 0 radical (unpaired) electrons. The van der Waals surface area contributed by atoms with Crippen molar-refractivity contribution in [2.24, 2.45) is 5.73 Å². The molecular formula is C15H19FN2O2. The molecule has 1 unspecified atom stereocenters. The zero-order chi connectivity index (χ0) is 15.0. The van der Waals surface area contributed by atoms with Gasteiger partial charge in [-0.3, -0.25) is 4.79 Å². The summed E-state index contributed by atoms with van der Waals surface area (Å²) in [6, 6.07) is 4.05. The van der Waals surface area contributed by atoms with E-state index in [4.69, 9.17) is 10.5 Å². The van der Waals surface area contributed by atoms with Crippen molar-refractivity contribution in [3.63, 3.8) is 0 Å². The highest BCUT2D eigenvalue weighted by atomic mass is 19.1. The number of anilines is 1. The molecule has 0 aliphatic rings. The summed E-state index contributed by atoms with van der Waals surface area (Å²) in [6.45, 7) is 2.07. The summed E-state index contributed by atoms with van der Waals surface area (Å²) in [7, 11) is 1.60. The second kappa shape index (κ2) is 8.31. The molecule has 108 valence electrons. The molecule has 0 aliphatic heterocycles. The van der Waals surface area contributed by atoms with E-state index < -0.39 is 5.82 Å². The Bertz CT molecular complexity index is 520. The number of carbonyl (C=O) groups is 1. The van der Waals surface area contributed by atoms with Gasteiger partial charge in [0, 0.05) is 13.5 Å². The maximum Gasteiger partial charge on any atom is 0.224 e. The molecule has 0 saturated heterocycles. The second-order valence-electron chi connectivity index (χ2n) is 4.33. The first-order valence-corrected chi connectivity index (χ1v) is 6.38. The van der Waals surface area contributed by atoms with Crippen molar-refractivity contribution in [2.75, 3.05) is 19.0 Å². The predicted molar refractivity (Wildman–Crippen MR) is 76.7 cm³/mol. The molecule has 0 saturated carbocycles. The molecule has 5 heteroatoms. The van der Waals surface area contributed by atoms with Crippen molar-refractivity contribution < 1.29 is 13.9 Å². The zero-order valence-corrected chi connectivity index (χ0v) is 11.7. The van der Waals surface area contributed by atoms with Crippen LogP contribution in [0.25, 0.3) is 0 Å². The van der Waals surface area contributed by atoms with Crippen LogP contribution in [0, 0.1) is 17.7 Å². The molecule has 1 aromatic carbocycles. The third kappa shape index (κ3) is 5.39. The number of methoxy groups -OCH3 is 1. The zero-order valence-electron chi connectivity index (χ0n) is 11.7. The van der Waals surface area contributed by atoms with Crippen LogP contribution in [0.5, 0.6) is 0 Å². The summed E-state index contributed by atoms with van der Waals surface area (Å²) in [5.41, 5.74) is 6.20. The minimum Gasteiger partial charge on any atom is -0.382 e. The lowest BCUT2D eigenvalue weighted by Gasteiger charge is -2.10. The maximum atomic E-state index is 13.2. The van der Waals surface area contributed by atoms with Crippen molar-refractivity contribution in [3.8, 4) is 11.8 Å². The van der Waals surface area contributed by atoms with Gasteiger partial charge in [0.05, 0.1) is 23.9 Å². The van der Waals surface area contributed by atoms with Gasteiger partial charge in [0.2, 0.25) is 5.91 Å². The maximum absolute atomic E-state index is 13.2. The lowest BCUT2D eigenvalue weighted by atomic mass is 10.1. The van der Waals surface area contributed by atoms with Crippen LogP contribution in [-0.2, 0) is 9.53 Å². The molecular weight excluding hydrogens is 259 g/mol. The summed E-state index contributed by atoms with van der Waals surface area (Å²) >= 11 is 0. The van der Waals surface area contributed by atoms with Gasteiger partial charge in [-0.05, 0) is 31.5 Å². The van der Waals surface area contributed by atoms with Crippen molar-refractivity contribution in [1.29, 1.82) is 0 Å². The summed E-state index contributed by atoms with van der Waals surface area (Å²) in [6.07, 6.45) is 0.967. The van der Waals surface area contributed by atoms with Crippen LogP contribution in [0.3, 0.4) is 0 Å². The summed E-state index contributed by atoms with van der Waals surface area (Å²) in [5.74, 6) is 4.82. The Morgan fingerprint density at radius 2 is 2.30 bits per heavy atom. The Hall–Kier alpha value is -1.90. The monoisotopic (exact) mass is 278 g/mol. The number of carbonyl (C=O) groups excluding carboxylic acids is 1. The molecule has 1 aromatic rings. The molecule has 0 heterocycles. The van der Waals surface area contributed by atoms with Crippen LogP contribution in [0.4, 0.5) is 10.1 Å². The molecule has 1 amide bonds. The Morgan fingerprint density at radius 1 is 1.55 bits per heavy atom. The molecule has 1 rings (SSSR count). The molecule has 1 atom stereocenters. The van der Waals surface area contributed by atoms with E-state index in [1.165, 1.54) is 18.2 Å². The number of halogens is 1. The van der Waals surface area contributed by atoms with Crippen LogP contribution >= 0.6 is 0 Å². The van der Waals surface area contributed by atoms with E-state index in [-0.39, 0.29) is 18.6 Å². The number of ether oxygens (including phenoxy) is 1. The normalized spacial score (nSPS) is 11.4. The average molecular weight is 278 g/mol. The molecule has 0 fully saturated rings. The first-order valence-electron chi connectivity index (χ1n) is 6.38. The van der Waals surface area contributed by atoms with Crippen LogP contribution in [0.2, 0.25) is 0 Å². The number of benzene rings is 1. The number of nitrogens with one attached hydrogen (secondary N) is 1. The third-order valence-electron chi connectivity index (χ3n) is 2.76. The largest absolute Gasteiger partial charge is 0.382 e. The van der Waals surface area contributed by atoms with Crippen LogP contribution < -0.4 is 11.1 Å². The molecule has 0 bridgehead atoms. The van der Waals surface area contributed by atoms with Crippen molar-refractivity contribution >= 4 is 11.6 Å². The fourth-order valence-corrected chi connectivity index (χ4v) is 1.54. The van der Waals surface area contributed by atoms with Gasteiger partial charge in [0.15, 0.2) is 0 Å². The smallest absolute Gasteiger partial charge is 0.224 e. The van der Waals surface area contributed by atoms with E-state index in [9.17, 15) is 9.18 Å². The van der Waals surface area contributed by atoms with Gasteiger partial charge >= 0.3 is 0 Å². The van der Waals surface area contributed by atoms with Crippen LogP contribution in [-0.4, -0.2) is 25.7 Å². The minimum absolute atomic E-state index is 0.0190. The molecule has 0 spiro atoms. The van der Waals surface area contributed by atoms with Crippen molar-refractivity contribution in [3.05, 3.63) is 29.6 Å². The second-order valence-corrected chi connectivity index (χ2v) is 4.33. The molecule has 4 nitrogen and oxygen atoms in total. The van der Waals surface area contributed by atoms with Gasteiger partial charge in [-0.2, -0.15) is 0 Å². The molecule has 0 aliphatic carbocycles. The van der Waals surface area contributed by atoms with Crippen molar-refractivity contribution in [1.82, 2.24) is 0 Å². The summed E-state index contributed by atoms with van der Waals surface area (Å²) in [5, 5.41) is 2.72.